The maximum absolute atomic E-state index is 12.8. The number of nitrogens with zero attached hydrogens (tertiary/aromatic N) is 1. The van der Waals surface area contributed by atoms with E-state index >= 15 is 0 Å². The second kappa shape index (κ2) is 10.0. The van der Waals surface area contributed by atoms with Gasteiger partial charge < -0.3 is 10.1 Å². The fraction of sp³-hybridized carbons (Fsp3) is 0.458. The van der Waals surface area contributed by atoms with Crippen LogP contribution in [0.15, 0.2) is 53.4 Å². The molecule has 7 nitrogen and oxygen atoms in total. The topological polar surface area (TPSA) is 87.7 Å². The first-order valence-corrected chi connectivity index (χ1v) is 12.4. The van der Waals surface area contributed by atoms with Gasteiger partial charge in [0.15, 0.2) is 0 Å². The van der Waals surface area contributed by atoms with Gasteiger partial charge in [-0.1, -0.05) is 12.1 Å². The number of rotatable bonds is 8. The SMILES string of the molecule is COc1ccc(C(CNC(=O)c2ccc(S(=O)(=O)NC(C)(C)C)cc2)N2CCCC2)cc1. The van der Waals surface area contributed by atoms with E-state index in [0.29, 0.717) is 12.1 Å². The number of benzene rings is 2. The number of methoxy groups -OCH3 is 1. The zero-order valence-corrected chi connectivity index (χ0v) is 20.0. The van der Waals surface area contributed by atoms with E-state index in [0.717, 1.165) is 37.2 Å². The molecule has 32 heavy (non-hydrogen) atoms. The Balaban J connectivity index is 1.69. The van der Waals surface area contributed by atoms with E-state index in [1.54, 1.807) is 40.0 Å². The molecule has 0 aliphatic carbocycles. The normalized spacial score (nSPS) is 16.0. The van der Waals surface area contributed by atoms with Gasteiger partial charge in [0.2, 0.25) is 10.0 Å². The molecule has 2 aromatic carbocycles. The van der Waals surface area contributed by atoms with E-state index < -0.39 is 15.6 Å². The molecule has 0 radical (unpaired) electrons. The van der Waals surface area contributed by atoms with Crippen molar-refractivity contribution >= 4 is 15.9 Å². The molecule has 2 N–H and O–H groups in total. The first-order chi connectivity index (χ1) is 15.1. The predicted octanol–water partition coefficient (Wildman–Crippen LogP) is 3.34. The number of sulfonamides is 1. The van der Waals surface area contributed by atoms with E-state index in [1.807, 2.05) is 24.3 Å². The van der Waals surface area contributed by atoms with Gasteiger partial charge in [0.05, 0.1) is 18.0 Å². The van der Waals surface area contributed by atoms with Crippen LogP contribution in [0.1, 0.15) is 55.6 Å². The number of nitrogens with one attached hydrogen (secondary N) is 2. The smallest absolute Gasteiger partial charge is 0.251 e. The Hall–Kier alpha value is -2.42. The maximum atomic E-state index is 12.8. The largest absolute Gasteiger partial charge is 0.497 e. The minimum atomic E-state index is -3.64. The van der Waals surface area contributed by atoms with Crippen LogP contribution in [0, 0.1) is 0 Å². The highest BCUT2D eigenvalue weighted by atomic mass is 32.2. The van der Waals surface area contributed by atoms with Gasteiger partial charge in [0.25, 0.3) is 5.91 Å². The monoisotopic (exact) mass is 459 g/mol. The summed E-state index contributed by atoms with van der Waals surface area (Å²) in [5.41, 5.74) is 0.971. The van der Waals surface area contributed by atoms with Crippen molar-refractivity contribution in [3.05, 3.63) is 59.7 Å². The van der Waals surface area contributed by atoms with Crippen LogP contribution in [0.5, 0.6) is 5.75 Å². The Kier molecular flexibility index (Phi) is 7.59. The summed E-state index contributed by atoms with van der Waals surface area (Å²) in [7, 11) is -2.00. The minimum Gasteiger partial charge on any atom is -0.497 e. The molecule has 0 aromatic heterocycles. The molecule has 1 amide bonds. The van der Waals surface area contributed by atoms with Crippen LogP contribution >= 0.6 is 0 Å². The number of hydrogen-bond acceptors (Lipinski definition) is 5. The molecule has 1 saturated heterocycles. The summed E-state index contributed by atoms with van der Waals surface area (Å²) in [5.74, 6) is 0.574. The Morgan fingerprint density at radius 2 is 1.62 bits per heavy atom. The number of likely N-dealkylation sites (tertiary alicyclic amines) is 1. The molecule has 1 heterocycles. The fourth-order valence-corrected chi connectivity index (χ4v) is 5.29. The minimum absolute atomic E-state index is 0.0722. The lowest BCUT2D eigenvalue weighted by molar-refractivity contribution is 0.0937. The van der Waals surface area contributed by atoms with Gasteiger partial charge in [0, 0.05) is 17.6 Å². The third kappa shape index (κ3) is 6.31. The second-order valence-electron chi connectivity index (χ2n) is 9.12. The number of hydrogen-bond donors (Lipinski definition) is 2. The van der Waals surface area contributed by atoms with E-state index in [4.69, 9.17) is 4.74 Å². The Labute approximate surface area is 191 Å². The lowest BCUT2D eigenvalue weighted by Gasteiger charge is -2.28. The summed E-state index contributed by atoms with van der Waals surface area (Å²) >= 11 is 0. The summed E-state index contributed by atoms with van der Waals surface area (Å²) in [5, 5.41) is 3.02. The Bertz CT molecular complexity index is 1010. The molecule has 1 fully saturated rings. The summed E-state index contributed by atoms with van der Waals surface area (Å²) in [4.78, 5) is 15.3. The van der Waals surface area contributed by atoms with Gasteiger partial charge in [-0.2, -0.15) is 0 Å². The van der Waals surface area contributed by atoms with Crippen LogP contribution < -0.4 is 14.8 Å². The molecular formula is C24H33N3O4S. The third-order valence-electron chi connectivity index (χ3n) is 5.41. The maximum Gasteiger partial charge on any atom is 0.251 e. The summed E-state index contributed by atoms with van der Waals surface area (Å²) in [6, 6.07) is 14.0. The van der Waals surface area contributed by atoms with E-state index in [-0.39, 0.29) is 16.8 Å². The average molecular weight is 460 g/mol. The Morgan fingerprint density at radius 1 is 1.03 bits per heavy atom. The highest BCUT2D eigenvalue weighted by Gasteiger charge is 2.25. The van der Waals surface area contributed by atoms with E-state index in [9.17, 15) is 13.2 Å². The van der Waals surface area contributed by atoms with Crippen molar-refractivity contribution in [2.75, 3.05) is 26.7 Å². The molecule has 0 saturated carbocycles. The summed E-state index contributed by atoms with van der Waals surface area (Å²) in [6.45, 7) is 7.82. The highest BCUT2D eigenvalue weighted by Crippen LogP contribution is 2.26. The van der Waals surface area contributed by atoms with Crippen LogP contribution in [0.2, 0.25) is 0 Å². The molecule has 1 aliphatic rings. The molecule has 1 aliphatic heterocycles. The number of amides is 1. The van der Waals surface area contributed by atoms with Crippen LogP contribution in [0.3, 0.4) is 0 Å². The van der Waals surface area contributed by atoms with Crippen molar-refractivity contribution in [3.8, 4) is 5.75 Å². The summed E-state index contributed by atoms with van der Waals surface area (Å²) < 4.78 is 32.8. The van der Waals surface area contributed by atoms with Crippen molar-refractivity contribution in [1.29, 1.82) is 0 Å². The third-order valence-corrected chi connectivity index (χ3v) is 7.18. The molecular weight excluding hydrogens is 426 g/mol. The van der Waals surface area contributed by atoms with Gasteiger partial charge in [-0.05, 0) is 88.7 Å². The molecule has 0 bridgehead atoms. The first kappa shape index (κ1) is 24.2. The second-order valence-corrected chi connectivity index (χ2v) is 10.8. The standard InChI is InChI=1S/C24H33N3O4S/c1-24(2,3)26-32(29,30)21-13-9-19(10-14-21)23(28)25-17-22(27-15-5-6-16-27)18-7-11-20(31-4)12-8-18/h7-14,22,26H,5-6,15-17H2,1-4H3,(H,25,28). The average Bonchev–Trinajstić information content (AvgIpc) is 3.27. The fourth-order valence-electron chi connectivity index (χ4n) is 3.88. The number of ether oxygens (including phenoxy) is 1. The summed E-state index contributed by atoms with van der Waals surface area (Å²) in [6.07, 6.45) is 2.30. The van der Waals surface area contributed by atoms with Crippen LogP contribution in [-0.4, -0.2) is 51.5 Å². The molecule has 1 atom stereocenters. The molecule has 1 unspecified atom stereocenters. The zero-order valence-electron chi connectivity index (χ0n) is 19.2. The zero-order chi connectivity index (χ0) is 23.4. The van der Waals surface area contributed by atoms with Crippen LogP contribution in [0.25, 0.3) is 0 Å². The Morgan fingerprint density at radius 3 is 2.16 bits per heavy atom. The quantitative estimate of drug-likeness (QED) is 0.632. The lowest BCUT2D eigenvalue weighted by Crippen LogP contribution is -2.40. The van der Waals surface area contributed by atoms with Gasteiger partial charge >= 0.3 is 0 Å². The van der Waals surface area contributed by atoms with Gasteiger partial charge in [0.1, 0.15) is 5.75 Å². The molecule has 2 aromatic rings. The van der Waals surface area contributed by atoms with Crippen LogP contribution in [0.4, 0.5) is 0 Å². The van der Waals surface area contributed by atoms with Crippen molar-refractivity contribution in [2.24, 2.45) is 0 Å². The highest BCUT2D eigenvalue weighted by molar-refractivity contribution is 7.89. The number of carbonyl (C=O) groups is 1. The number of carbonyl (C=O) groups excluding carboxylic acids is 1. The van der Waals surface area contributed by atoms with Gasteiger partial charge in [-0.15, -0.1) is 0 Å². The van der Waals surface area contributed by atoms with Crippen molar-refractivity contribution < 1.29 is 17.9 Å². The molecule has 0 spiro atoms. The van der Waals surface area contributed by atoms with Crippen LogP contribution in [-0.2, 0) is 10.0 Å². The molecule has 3 rings (SSSR count). The van der Waals surface area contributed by atoms with Crippen molar-refractivity contribution in [1.82, 2.24) is 14.9 Å². The van der Waals surface area contributed by atoms with Crippen molar-refractivity contribution in [2.45, 2.75) is 50.1 Å². The molecule has 174 valence electrons. The van der Waals surface area contributed by atoms with Gasteiger partial charge in [-0.3, -0.25) is 9.69 Å². The lowest BCUT2D eigenvalue weighted by atomic mass is 10.0. The molecule has 8 heteroatoms. The van der Waals surface area contributed by atoms with Gasteiger partial charge in [-0.25, -0.2) is 13.1 Å². The predicted molar refractivity (Wildman–Crippen MR) is 125 cm³/mol. The van der Waals surface area contributed by atoms with E-state index in [1.165, 1.54) is 12.1 Å². The van der Waals surface area contributed by atoms with Crippen molar-refractivity contribution in [3.63, 3.8) is 0 Å². The van der Waals surface area contributed by atoms with E-state index in [2.05, 4.69) is 14.9 Å². The first-order valence-electron chi connectivity index (χ1n) is 10.9.